The molecule has 4 rings (SSSR count). The van der Waals surface area contributed by atoms with Gasteiger partial charge in [-0.2, -0.15) is 0 Å². The lowest BCUT2D eigenvalue weighted by molar-refractivity contribution is -0.123. The number of benzene rings is 2. The summed E-state index contributed by atoms with van der Waals surface area (Å²) in [4.78, 5) is 26.5. The Hall–Kier alpha value is -2.18. The van der Waals surface area contributed by atoms with Crippen molar-refractivity contribution in [3.63, 3.8) is 0 Å². The number of carbonyl (C=O) groups is 2. The third kappa shape index (κ3) is 4.09. The number of carbonyl (C=O) groups excluding carboxylic acids is 2. The molecule has 2 heterocycles. The summed E-state index contributed by atoms with van der Waals surface area (Å²) in [6, 6.07) is 15.8. The smallest absolute Gasteiger partial charge is 0.293 e. The number of hydrogen-bond acceptors (Lipinski definition) is 4. The number of amides is 2. The van der Waals surface area contributed by atoms with E-state index in [1.807, 2.05) is 6.07 Å². The Morgan fingerprint density at radius 1 is 0.931 bits per heavy atom. The van der Waals surface area contributed by atoms with Gasteiger partial charge in [0.15, 0.2) is 0 Å². The molecular weight excluding hydrogens is 453 g/mol. The van der Waals surface area contributed by atoms with E-state index in [1.165, 1.54) is 0 Å². The van der Waals surface area contributed by atoms with E-state index in [4.69, 9.17) is 39.2 Å². The van der Waals surface area contributed by atoms with Crippen LogP contribution in [0, 0.1) is 0 Å². The van der Waals surface area contributed by atoms with Crippen LogP contribution in [0.4, 0.5) is 4.79 Å². The number of furan rings is 1. The molecule has 0 unspecified atom stereocenters. The third-order valence-electron chi connectivity index (χ3n) is 4.28. The van der Waals surface area contributed by atoms with E-state index in [0.29, 0.717) is 37.7 Å². The molecule has 0 saturated carbocycles. The topological polar surface area (TPSA) is 50.5 Å². The molecule has 1 saturated heterocycles. The van der Waals surface area contributed by atoms with Gasteiger partial charge in [-0.3, -0.25) is 14.5 Å². The Labute approximate surface area is 186 Å². The molecule has 3 aromatic rings. The van der Waals surface area contributed by atoms with Gasteiger partial charge in [0, 0.05) is 16.7 Å². The van der Waals surface area contributed by atoms with Gasteiger partial charge in [0.2, 0.25) is 0 Å². The van der Waals surface area contributed by atoms with Gasteiger partial charge in [0.1, 0.15) is 11.5 Å². The van der Waals surface area contributed by atoms with Crippen molar-refractivity contribution < 1.29 is 14.0 Å². The van der Waals surface area contributed by atoms with Crippen molar-refractivity contribution in [1.82, 2.24) is 4.90 Å². The largest absolute Gasteiger partial charge is 0.457 e. The Bertz CT molecular complexity index is 1160. The van der Waals surface area contributed by atoms with Crippen LogP contribution in [0.3, 0.4) is 0 Å². The molecule has 146 valence electrons. The van der Waals surface area contributed by atoms with Crippen LogP contribution < -0.4 is 0 Å². The van der Waals surface area contributed by atoms with Gasteiger partial charge in [-0.05, 0) is 47.7 Å². The van der Waals surface area contributed by atoms with Crippen LogP contribution in [0.15, 0.2) is 63.9 Å². The van der Waals surface area contributed by atoms with Crippen molar-refractivity contribution in [3.05, 3.63) is 85.9 Å². The molecule has 2 amide bonds. The first-order chi connectivity index (χ1) is 13.9. The van der Waals surface area contributed by atoms with Crippen LogP contribution in [0.5, 0.6) is 0 Å². The maximum atomic E-state index is 12.7. The minimum atomic E-state index is -0.390. The summed E-state index contributed by atoms with van der Waals surface area (Å²) in [5, 5.41) is 0.952. The van der Waals surface area contributed by atoms with Gasteiger partial charge >= 0.3 is 0 Å². The number of thioether (sulfide) groups is 1. The Morgan fingerprint density at radius 3 is 2.48 bits per heavy atom. The summed E-state index contributed by atoms with van der Waals surface area (Å²) in [5.41, 5.74) is 1.35. The van der Waals surface area contributed by atoms with Crippen molar-refractivity contribution >= 4 is 63.8 Å². The van der Waals surface area contributed by atoms with Crippen LogP contribution in [-0.4, -0.2) is 16.0 Å². The van der Waals surface area contributed by atoms with Gasteiger partial charge in [-0.15, -0.1) is 0 Å². The second-order valence-corrected chi connectivity index (χ2v) is 8.35. The molecule has 29 heavy (non-hydrogen) atoms. The molecule has 4 nitrogen and oxygen atoms in total. The highest BCUT2D eigenvalue weighted by Crippen LogP contribution is 2.37. The van der Waals surface area contributed by atoms with E-state index in [1.54, 1.807) is 54.6 Å². The summed E-state index contributed by atoms with van der Waals surface area (Å²) in [6.07, 6.45) is 1.54. The molecular formula is C21H12Cl3NO3S. The standard InChI is InChI=1S/C21H12Cl3NO3S/c22-15-6-2-1-4-12(15)11-25-20(26)18(29-21(25)27)10-13-8-9-17(28-13)14-5-3-7-16(23)19(14)24/h1-10H,11H2/b18-10+. The SMILES string of the molecule is O=C1S/C(=C/c2ccc(-c3cccc(Cl)c3Cl)o2)C(=O)N1Cc1ccccc1Cl. The minimum absolute atomic E-state index is 0.114. The molecule has 0 N–H and O–H groups in total. The molecule has 1 aliphatic heterocycles. The quantitative estimate of drug-likeness (QED) is 0.385. The molecule has 0 atom stereocenters. The molecule has 1 fully saturated rings. The fourth-order valence-corrected chi connectivity index (χ4v) is 4.24. The molecule has 2 aromatic carbocycles. The fraction of sp³-hybridized carbons (Fsp3) is 0.0476. The molecule has 0 radical (unpaired) electrons. The van der Waals surface area contributed by atoms with E-state index < -0.39 is 5.91 Å². The average Bonchev–Trinajstić information content (AvgIpc) is 3.26. The van der Waals surface area contributed by atoms with Gasteiger partial charge < -0.3 is 4.42 Å². The van der Waals surface area contributed by atoms with E-state index in [9.17, 15) is 9.59 Å². The lowest BCUT2D eigenvalue weighted by Gasteiger charge is -2.13. The van der Waals surface area contributed by atoms with E-state index in [2.05, 4.69) is 0 Å². The Morgan fingerprint density at radius 2 is 1.69 bits per heavy atom. The Kier molecular flexibility index (Phi) is 5.74. The normalized spacial score (nSPS) is 15.6. The molecule has 0 spiro atoms. The van der Waals surface area contributed by atoms with Gasteiger partial charge in [0.25, 0.3) is 11.1 Å². The molecule has 8 heteroatoms. The van der Waals surface area contributed by atoms with E-state index >= 15 is 0 Å². The molecule has 1 aliphatic rings. The highest BCUT2D eigenvalue weighted by atomic mass is 35.5. The van der Waals surface area contributed by atoms with Crippen molar-refractivity contribution in [2.75, 3.05) is 0 Å². The summed E-state index contributed by atoms with van der Waals surface area (Å²) < 4.78 is 5.79. The zero-order valence-corrected chi connectivity index (χ0v) is 17.8. The maximum absolute atomic E-state index is 12.7. The van der Waals surface area contributed by atoms with E-state index in [0.717, 1.165) is 16.7 Å². The highest BCUT2D eigenvalue weighted by molar-refractivity contribution is 8.18. The van der Waals surface area contributed by atoms with Crippen molar-refractivity contribution in [1.29, 1.82) is 0 Å². The summed E-state index contributed by atoms with van der Waals surface area (Å²) >= 11 is 19.3. The average molecular weight is 465 g/mol. The van der Waals surface area contributed by atoms with Crippen LogP contribution in [0.25, 0.3) is 17.4 Å². The zero-order valence-electron chi connectivity index (χ0n) is 14.7. The second-order valence-electron chi connectivity index (χ2n) is 6.16. The predicted molar refractivity (Wildman–Crippen MR) is 117 cm³/mol. The first kappa shape index (κ1) is 20.1. The highest BCUT2D eigenvalue weighted by Gasteiger charge is 2.35. The predicted octanol–water partition coefficient (Wildman–Crippen LogP) is 7.14. The van der Waals surface area contributed by atoms with Crippen molar-refractivity contribution in [2.45, 2.75) is 6.54 Å². The maximum Gasteiger partial charge on any atom is 0.293 e. The lowest BCUT2D eigenvalue weighted by Crippen LogP contribution is -2.27. The van der Waals surface area contributed by atoms with Gasteiger partial charge in [-0.1, -0.05) is 59.1 Å². The van der Waals surface area contributed by atoms with E-state index in [-0.39, 0.29) is 16.7 Å². The first-order valence-electron chi connectivity index (χ1n) is 8.47. The molecule has 0 bridgehead atoms. The van der Waals surface area contributed by atoms with Crippen LogP contribution >= 0.6 is 46.6 Å². The monoisotopic (exact) mass is 463 g/mol. The zero-order chi connectivity index (χ0) is 20.5. The summed E-state index contributed by atoms with van der Waals surface area (Å²) in [6.45, 7) is 0.114. The number of imide groups is 1. The van der Waals surface area contributed by atoms with Gasteiger partial charge in [-0.25, -0.2) is 0 Å². The Balaban J connectivity index is 1.57. The van der Waals surface area contributed by atoms with Crippen LogP contribution in [0.1, 0.15) is 11.3 Å². The molecule has 1 aromatic heterocycles. The first-order valence-corrected chi connectivity index (χ1v) is 10.4. The molecule has 0 aliphatic carbocycles. The van der Waals surface area contributed by atoms with Crippen LogP contribution in [-0.2, 0) is 11.3 Å². The number of nitrogens with zero attached hydrogens (tertiary/aromatic N) is 1. The number of rotatable bonds is 4. The minimum Gasteiger partial charge on any atom is -0.457 e. The lowest BCUT2D eigenvalue weighted by atomic mass is 10.2. The second kappa shape index (κ2) is 8.28. The summed E-state index contributed by atoms with van der Waals surface area (Å²) in [5.74, 6) is 0.553. The fourth-order valence-electron chi connectivity index (χ4n) is 2.83. The number of hydrogen-bond donors (Lipinski definition) is 0. The van der Waals surface area contributed by atoms with Gasteiger partial charge in [0.05, 0.1) is 21.5 Å². The van der Waals surface area contributed by atoms with Crippen LogP contribution in [0.2, 0.25) is 15.1 Å². The van der Waals surface area contributed by atoms with Crippen molar-refractivity contribution in [3.8, 4) is 11.3 Å². The number of halogens is 3. The summed E-state index contributed by atoms with van der Waals surface area (Å²) in [7, 11) is 0. The van der Waals surface area contributed by atoms with Crippen molar-refractivity contribution in [2.24, 2.45) is 0 Å². The third-order valence-corrected chi connectivity index (χ3v) is 6.37.